The number of hydrogen-bond acceptors (Lipinski definition) is 4. The molecular weight excluding hydrogens is 388 g/mol. The van der Waals surface area contributed by atoms with Gasteiger partial charge in [0.1, 0.15) is 0 Å². The summed E-state index contributed by atoms with van der Waals surface area (Å²) in [5.41, 5.74) is 5.96. The van der Waals surface area contributed by atoms with Crippen LogP contribution in [0.25, 0.3) is 0 Å². The van der Waals surface area contributed by atoms with Gasteiger partial charge < -0.3 is 15.5 Å². The lowest BCUT2D eigenvalue weighted by atomic mass is 10.1. The number of nitrogens with zero attached hydrogens (tertiary/aromatic N) is 2. The van der Waals surface area contributed by atoms with E-state index in [4.69, 9.17) is 0 Å². The van der Waals surface area contributed by atoms with Gasteiger partial charge in [-0.3, -0.25) is 14.6 Å². The Balaban J connectivity index is 1.49. The van der Waals surface area contributed by atoms with E-state index in [-0.39, 0.29) is 6.04 Å². The minimum atomic E-state index is -0.663. The van der Waals surface area contributed by atoms with Crippen LogP contribution in [0.1, 0.15) is 28.3 Å². The van der Waals surface area contributed by atoms with E-state index in [1.54, 1.807) is 6.20 Å². The highest BCUT2D eigenvalue weighted by Gasteiger charge is 2.28. The lowest BCUT2D eigenvalue weighted by molar-refractivity contribution is -0.136. The number of anilines is 2. The second-order valence-electron chi connectivity index (χ2n) is 7.81. The van der Waals surface area contributed by atoms with Gasteiger partial charge in [0, 0.05) is 36.9 Å². The van der Waals surface area contributed by atoms with E-state index in [1.807, 2.05) is 62.5 Å². The van der Waals surface area contributed by atoms with Gasteiger partial charge in [-0.25, -0.2) is 0 Å². The molecule has 0 bridgehead atoms. The normalized spacial score (nSPS) is 13.4. The Kier molecular flexibility index (Phi) is 5.98. The summed E-state index contributed by atoms with van der Waals surface area (Å²) in [5, 5.41) is 5.58. The van der Waals surface area contributed by atoms with Gasteiger partial charge in [0.2, 0.25) is 0 Å². The molecule has 1 aromatic heterocycles. The highest BCUT2D eigenvalue weighted by molar-refractivity contribution is 6.39. The summed E-state index contributed by atoms with van der Waals surface area (Å²) in [5.74, 6) is -1.31. The number of carbonyl (C=O) groups is 2. The number of pyridine rings is 1. The summed E-state index contributed by atoms with van der Waals surface area (Å²) in [6, 6.07) is 17.8. The number of aromatic nitrogens is 1. The number of hydrogen-bond donors (Lipinski definition) is 2. The number of aryl methyl sites for hydroxylation is 2. The highest BCUT2D eigenvalue weighted by atomic mass is 16.2. The zero-order chi connectivity index (χ0) is 21.8. The molecule has 1 aliphatic heterocycles. The van der Waals surface area contributed by atoms with Crippen LogP contribution in [0, 0.1) is 13.8 Å². The van der Waals surface area contributed by atoms with Crippen molar-refractivity contribution < 1.29 is 9.59 Å². The first kappa shape index (κ1) is 20.6. The van der Waals surface area contributed by atoms with Crippen molar-refractivity contribution in [3.05, 3.63) is 89.2 Å². The first-order valence-corrected chi connectivity index (χ1v) is 10.4. The van der Waals surface area contributed by atoms with Crippen LogP contribution in [0.5, 0.6) is 0 Å². The molecule has 1 atom stereocenters. The molecule has 2 aromatic carbocycles. The van der Waals surface area contributed by atoms with Crippen molar-refractivity contribution in [3.63, 3.8) is 0 Å². The van der Waals surface area contributed by atoms with Gasteiger partial charge in [-0.05, 0) is 54.7 Å². The molecule has 6 heteroatoms. The van der Waals surface area contributed by atoms with Crippen LogP contribution in [0.15, 0.2) is 67.0 Å². The fourth-order valence-corrected chi connectivity index (χ4v) is 4.12. The lowest BCUT2D eigenvalue weighted by Gasteiger charge is -2.30. The SMILES string of the molecule is Cc1cccc(C)c1NC(=O)C(=O)NC[C@H](c1cccnc1)N1CCc2ccccc21. The summed E-state index contributed by atoms with van der Waals surface area (Å²) >= 11 is 0. The number of carbonyl (C=O) groups excluding carboxylic acids is 2. The van der Waals surface area contributed by atoms with Gasteiger partial charge in [-0.2, -0.15) is 0 Å². The third kappa shape index (κ3) is 4.43. The van der Waals surface area contributed by atoms with Crippen molar-refractivity contribution >= 4 is 23.2 Å². The van der Waals surface area contributed by atoms with Gasteiger partial charge >= 0.3 is 11.8 Å². The molecule has 31 heavy (non-hydrogen) atoms. The summed E-state index contributed by atoms with van der Waals surface area (Å²) in [7, 11) is 0. The van der Waals surface area contributed by atoms with E-state index in [9.17, 15) is 9.59 Å². The quantitative estimate of drug-likeness (QED) is 0.626. The minimum absolute atomic E-state index is 0.116. The predicted octanol–water partition coefficient (Wildman–Crippen LogP) is 3.56. The van der Waals surface area contributed by atoms with Gasteiger partial charge in [0.05, 0.1) is 6.04 Å². The van der Waals surface area contributed by atoms with Crippen LogP contribution >= 0.6 is 0 Å². The van der Waals surface area contributed by atoms with Gasteiger partial charge in [-0.1, -0.05) is 42.5 Å². The summed E-state index contributed by atoms with van der Waals surface area (Å²) in [6.45, 7) is 4.97. The Hall–Kier alpha value is -3.67. The third-order valence-corrected chi connectivity index (χ3v) is 5.75. The van der Waals surface area contributed by atoms with E-state index in [0.29, 0.717) is 12.2 Å². The van der Waals surface area contributed by atoms with E-state index < -0.39 is 11.8 Å². The smallest absolute Gasteiger partial charge is 0.313 e. The van der Waals surface area contributed by atoms with Crippen molar-refractivity contribution in [1.82, 2.24) is 10.3 Å². The van der Waals surface area contributed by atoms with Crippen LogP contribution in [-0.2, 0) is 16.0 Å². The molecule has 2 N–H and O–H groups in total. The Morgan fingerprint density at radius 1 is 1.00 bits per heavy atom. The summed E-state index contributed by atoms with van der Waals surface area (Å²) < 4.78 is 0. The van der Waals surface area contributed by atoms with Crippen molar-refractivity contribution in [2.75, 3.05) is 23.3 Å². The molecule has 3 aromatic rings. The van der Waals surface area contributed by atoms with Crippen molar-refractivity contribution in [1.29, 1.82) is 0 Å². The zero-order valence-corrected chi connectivity index (χ0v) is 17.8. The predicted molar refractivity (Wildman–Crippen MR) is 122 cm³/mol. The summed E-state index contributed by atoms with van der Waals surface area (Å²) in [6.07, 6.45) is 4.50. The minimum Gasteiger partial charge on any atom is -0.362 e. The number of para-hydroxylation sites is 2. The fourth-order valence-electron chi connectivity index (χ4n) is 4.12. The molecule has 0 fully saturated rings. The van der Waals surface area contributed by atoms with Crippen LogP contribution < -0.4 is 15.5 Å². The molecule has 4 rings (SSSR count). The van der Waals surface area contributed by atoms with E-state index in [1.165, 1.54) is 5.56 Å². The fraction of sp³-hybridized carbons (Fsp3) is 0.240. The molecule has 0 aliphatic carbocycles. The molecule has 158 valence electrons. The molecule has 2 heterocycles. The summed E-state index contributed by atoms with van der Waals surface area (Å²) in [4.78, 5) is 31.7. The molecule has 0 spiro atoms. The molecule has 2 amide bonds. The molecule has 0 saturated carbocycles. The van der Waals surface area contributed by atoms with Gasteiger partial charge in [0.25, 0.3) is 0 Å². The molecular formula is C25H26N4O2. The average Bonchev–Trinajstić information content (AvgIpc) is 3.21. The Labute approximate surface area is 182 Å². The highest BCUT2D eigenvalue weighted by Crippen LogP contribution is 2.34. The van der Waals surface area contributed by atoms with Gasteiger partial charge in [0.15, 0.2) is 0 Å². The first-order chi connectivity index (χ1) is 15.0. The van der Waals surface area contributed by atoms with Crippen LogP contribution in [-0.4, -0.2) is 29.9 Å². The standard InChI is InChI=1S/C25H26N4O2/c1-17-7-5-8-18(2)23(17)28-25(31)24(30)27-16-22(20-10-6-13-26-15-20)29-14-12-19-9-3-4-11-21(19)29/h3-11,13,15,22H,12,14,16H2,1-2H3,(H,27,30)(H,28,31)/t22-/m1/s1. The van der Waals surface area contributed by atoms with E-state index >= 15 is 0 Å². The number of nitrogens with one attached hydrogen (secondary N) is 2. The molecule has 0 radical (unpaired) electrons. The van der Waals surface area contributed by atoms with Crippen LogP contribution in [0.4, 0.5) is 11.4 Å². The second kappa shape index (κ2) is 9.00. The molecule has 0 saturated heterocycles. The lowest BCUT2D eigenvalue weighted by Crippen LogP contribution is -2.42. The monoisotopic (exact) mass is 414 g/mol. The maximum Gasteiger partial charge on any atom is 0.313 e. The van der Waals surface area contributed by atoms with Crippen molar-refractivity contribution in [2.24, 2.45) is 0 Å². The molecule has 1 aliphatic rings. The number of fused-ring (bicyclic) bond motifs is 1. The maximum absolute atomic E-state index is 12.6. The topological polar surface area (TPSA) is 74.3 Å². The van der Waals surface area contributed by atoms with Crippen molar-refractivity contribution in [2.45, 2.75) is 26.3 Å². The average molecular weight is 415 g/mol. The number of rotatable bonds is 5. The third-order valence-electron chi connectivity index (χ3n) is 5.75. The van der Waals surface area contributed by atoms with Crippen LogP contribution in [0.2, 0.25) is 0 Å². The van der Waals surface area contributed by atoms with Crippen LogP contribution in [0.3, 0.4) is 0 Å². The maximum atomic E-state index is 12.6. The number of benzene rings is 2. The molecule has 6 nitrogen and oxygen atoms in total. The van der Waals surface area contributed by atoms with Gasteiger partial charge in [-0.15, -0.1) is 0 Å². The Morgan fingerprint density at radius 2 is 1.77 bits per heavy atom. The Bertz CT molecular complexity index is 1080. The second-order valence-corrected chi connectivity index (χ2v) is 7.81. The van der Waals surface area contributed by atoms with E-state index in [0.717, 1.165) is 35.3 Å². The first-order valence-electron chi connectivity index (χ1n) is 10.4. The largest absolute Gasteiger partial charge is 0.362 e. The zero-order valence-electron chi connectivity index (χ0n) is 17.8. The number of amides is 2. The van der Waals surface area contributed by atoms with E-state index in [2.05, 4.69) is 32.7 Å². The Morgan fingerprint density at radius 3 is 2.52 bits per heavy atom. The molecule has 0 unspecified atom stereocenters. The van der Waals surface area contributed by atoms with Crippen molar-refractivity contribution in [3.8, 4) is 0 Å².